The topological polar surface area (TPSA) is 117 Å². The van der Waals surface area contributed by atoms with Crippen LogP contribution in [0.4, 0.5) is 0 Å². The molecule has 5 atom stereocenters. The average molecular weight is 399 g/mol. The number of rotatable bonds is 7. The molecule has 0 bridgehead atoms. The SMILES string of the molecule is CCOC(=S)S[C@@H]1O[C@H](COCc2ccccc2)[C@H](O)[C@H](O)[C@H]1N=[N+]=[N-]. The first-order valence-electron chi connectivity index (χ1n) is 8.07. The lowest BCUT2D eigenvalue weighted by molar-refractivity contribution is -0.173. The summed E-state index contributed by atoms with van der Waals surface area (Å²) in [7, 11) is 0. The van der Waals surface area contributed by atoms with Crippen molar-refractivity contribution in [2.24, 2.45) is 5.11 Å². The van der Waals surface area contributed by atoms with Crippen LogP contribution < -0.4 is 0 Å². The maximum Gasteiger partial charge on any atom is 0.222 e. The van der Waals surface area contributed by atoms with E-state index in [9.17, 15) is 10.2 Å². The minimum absolute atomic E-state index is 0.0641. The number of aliphatic hydroxyl groups is 2. The second-order valence-electron chi connectivity index (χ2n) is 5.52. The van der Waals surface area contributed by atoms with E-state index in [2.05, 4.69) is 10.0 Å². The summed E-state index contributed by atoms with van der Waals surface area (Å²) >= 11 is 6.11. The molecule has 0 aliphatic carbocycles. The maximum atomic E-state index is 10.3. The second kappa shape index (κ2) is 10.7. The third-order valence-corrected chi connectivity index (χ3v) is 5.06. The summed E-state index contributed by atoms with van der Waals surface area (Å²) in [5, 5.41) is 24.1. The van der Waals surface area contributed by atoms with E-state index in [-0.39, 0.29) is 11.0 Å². The Kier molecular flexibility index (Phi) is 8.60. The lowest BCUT2D eigenvalue weighted by Gasteiger charge is -2.40. The summed E-state index contributed by atoms with van der Waals surface area (Å²) < 4.78 is 16.8. The van der Waals surface area contributed by atoms with Crippen molar-refractivity contribution in [1.82, 2.24) is 0 Å². The van der Waals surface area contributed by atoms with Crippen LogP contribution in [0.3, 0.4) is 0 Å². The number of benzene rings is 1. The minimum Gasteiger partial charge on any atom is -0.479 e. The third kappa shape index (κ3) is 5.82. The molecule has 1 heterocycles. The third-order valence-electron chi connectivity index (χ3n) is 3.72. The molecule has 10 heteroatoms. The van der Waals surface area contributed by atoms with Gasteiger partial charge in [-0.15, -0.1) is 0 Å². The van der Waals surface area contributed by atoms with E-state index < -0.39 is 29.8 Å². The first kappa shape index (κ1) is 20.9. The van der Waals surface area contributed by atoms with Crippen molar-refractivity contribution in [2.45, 2.75) is 43.3 Å². The molecular formula is C16H21N3O5S2. The Bertz CT molecular complexity index is 630. The summed E-state index contributed by atoms with van der Waals surface area (Å²) in [5.41, 5.74) is 8.92. The number of azide groups is 1. The number of thiocarbonyl (C=S) groups is 1. The summed E-state index contributed by atoms with van der Waals surface area (Å²) in [6, 6.07) is 8.56. The monoisotopic (exact) mass is 399 g/mol. The maximum absolute atomic E-state index is 10.3. The molecule has 1 aliphatic heterocycles. The normalized spacial score (nSPS) is 28.2. The van der Waals surface area contributed by atoms with Gasteiger partial charge in [0.2, 0.25) is 4.38 Å². The molecule has 0 amide bonds. The Balaban J connectivity index is 1.99. The van der Waals surface area contributed by atoms with Gasteiger partial charge in [0.15, 0.2) is 0 Å². The predicted molar refractivity (Wildman–Crippen MR) is 102 cm³/mol. The Morgan fingerprint density at radius 3 is 2.73 bits per heavy atom. The molecule has 2 N–H and O–H groups in total. The molecule has 0 aromatic heterocycles. The zero-order valence-corrected chi connectivity index (χ0v) is 15.8. The molecule has 0 spiro atoms. The van der Waals surface area contributed by atoms with Gasteiger partial charge in [0.05, 0.1) is 25.9 Å². The van der Waals surface area contributed by atoms with Crippen LogP contribution in [0.25, 0.3) is 10.4 Å². The fraction of sp³-hybridized carbons (Fsp3) is 0.562. The van der Waals surface area contributed by atoms with Gasteiger partial charge in [-0.05, 0) is 42.0 Å². The van der Waals surface area contributed by atoms with Gasteiger partial charge in [-0.3, -0.25) is 0 Å². The van der Waals surface area contributed by atoms with Crippen LogP contribution in [0, 0.1) is 0 Å². The van der Waals surface area contributed by atoms with E-state index in [0.717, 1.165) is 17.3 Å². The lowest BCUT2D eigenvalue weighted by atomic mass is 9.99. The van der Waals surface area contributed by atoms with E-state index in [1.807, 2.05) is 30.3 Å². The molecule has 8 nitrogen and oxygen atoms in total. The largest absolute Gasteiger partial charge is 0.479 e. The molecule has 1 saturated heterocycles. The van der Waals surface area contributed by atoms with Crippen molar-refractivity contribution in [3.05, 3.63) is 46.3 Å². The standard InChI is InChI=1S/C16H21N3O5S2/c1-2-23-16(25)26-15-12(18-19-17)14(21)13(20)11(24-15)9-22-8-10-6-4-3-5-7-10/h3-7,11-15,20-21H,2,8-9H2,1H3/t11-,12-,13+,14-,15+/m1/s1. The number of ether oxygens (including phenoxy) is 3. The molecule has 1 fully saturated rings. The Labute approximate surface area is 161 Å². The van der Waals surface area contributed by atoms with E-state index in [1.54, 1.807) is 6.92 Å². The smallest absolute Gasteiger partial charge is 0.222 e. The zero-order valence-electron chi connectivity index (χ0n) is 14.2. The molecule has 2 rings (SSSR count). The summed E-state index contributed by atoms with van der Waals surface area (Å²) in [6.07, 6.45) is -3.34. The molecular weight excluding hydrogens is 378 g/mol. The van der Waals surface area contributed by atoms with Crippen LogP contribution in [0.1, 0.15) is 12.5 Å². The first-order valence-corrected chi connectivity index (χ1v) is 9.36. The van der Waals surface area contributed by atoms with Crippen molar-refractivity contribution >= 4 is 28.4 Å². The molecule has 0 unspecified atom stereocenters. The van der Waals surface area contributed by atoms with Gasteiger partial charge in [0, 0.05) is 4.91 Å². The van der Waals surface area contributed by atoms with Crippen LogP contribution in [0.15, 0.2) is 35.4 Å². The fourth-order valence-corrected chi connectivity index (χ4v) is 3.78. The van der Waals surface area contributed by atoms with Crippen LogP contribution in [-0.4, -0.2) is 57.6 Å². The van der Waals surface area contributed by atoms with Crippen molar-refractivity contribution in [3.8, 4) is 0 Å². The Morgan fingerprint density at radius 2 is 2.08 bits per heavy atom. The number of nitrogens with zero attached hydrogens (tertiary/aromatic N) is 3. The molecule has 0 saturated carbocycles. The summed E-state index contributed by atoms with van der Waals surface area (Å²) in [5.74, 6) is 0. The molecule has 1 aromatic carbocycles. The quantitative estimate of drug-likeness (QED) is 0.313. The Morgan fingerprint density at radius 1 is 1.35 bits per heavy atom. The van der Waals surface area contributed by atoms with Gasteiger partial charge >= 0.3 is 0 Å². The van der Waals surface area contributed by atoms with Gasteiger partial charge in [-0.25, -0.2) is 0 Å². The van der Waals surface area contributed by atoms with Gasteiger partial charge in [-0.2, -0.15) is 0 Å². The zero-order chi connectivity index (χ0) is 18.9. The molecule has 1 aliphatic rings. The molecule has 142 valence electrons. The van der Waals surface area contributed by atoms with Gasteiger partial charge in [-0.1, -0.05) is 35.4 Å². The molecule has 0 radical (unpaired) electrons. The van der Waals surface area contributed by atoms with Crippen molar-refractivity contribution in [3.63, 3.8) is 0 Å². The van der Waals surface area contributed by atoms with E-state index >= 15 is 0 Å². The predicted octanol–water partition coefficient (Wildman–Crippen LogP) is 2.38. The summed E-state index contributed by atoms with van der Waals surface area (Å²) in [4.78, 5) is 2.72. The second-order valence-corrected chi connectivity index (χ2v) is 7.22. The van der Waals surface area contributed by atoms with E-state index in [1.165, 1.54) is 0 Å². The van der Waals surface area contributed by atoms with Crippen LogP contribution in [0.5, 0.6) is 0 Å². The number of hydrogen-bond acceptors (Lipinski definition) is 8. The van der Waals surface area contributed by atoms with Gasteiger partial charge in [0.25, 0.3) is 0 Å². The van der Waals surface area contributed by atoms with E-state index in [0.29, 0.717) is 13.2 Å². The fourth-order valence-electron chi connectivity index (χ4n) is 2.45. The number of hydrogen-bond donors (Lipinski definition) is 2. The average Bonchev–Trinajstić information content (AvgIpc) is 2.63. The summed E-state index contributed by atoms with van der Waals surface area (Å²) in [6.45, 7) is 2.59. The van der Waals surface area contributed by atoms with Crippen LogP contribution in [-0.2, 0) is 20.8 Å². The van der Waals surface area contributed by atoms with Crippen LogP contribution in [0.2, 0.25) is 0 Å². The highest BCUT2D eigenvalue weighted by molar-refractivity contribution is 8.22. The molecule has 1 aromatic rings. The van der Waals surface area contributed by atoms with Crippen LogP contribution >= 0.6 is 24.0 Å². The lowest BCUT2D eigenvalue weighted by Crippen LogP contribution is -2.57. The number of aliphatic hydroxyl groups excluding tert-OH is 2. The van der Waals surface area contributed by atoms with Gasteiger partial charge < -0.3 is 24.4 Å². The highest BCUT2D eigenvalue weighted by atomic mass is 32.2. The van der Waals surface area contributed by atoms with Crippen molar-refractivity contribution < 1.29 is 24.4 Å². The minimum atomic E-state index is -1.30. The highest BCUT2D eigenvalue weighted by Crippen LogP contribution is 2.32. The van der Waals surface area contributed by atoms with Crippen molar-refractivity contribution in [2.75, 3.05) is 13.2 Å². The van der Waals surface area contributed by atoms with Crippen molar-refractivity contribution in [1.29, 1.82) is 0 Å². The highest BCUT2D eigenvalue weighted by Gasteiger charge is 2.45. The number of thioether (sulfide) groups is 1. The van der Waals surface area contributed by atoms with Gasteiger partial charge in [0.1, 0.15) is 23.7 Å². The molecule has 26 heavy (non-hydrogen) atoms. The Hall–Kier alpha value is -1.39. The first-order chi connectivity index (χ1) is 12.6. The van der Waals surface area contributed by atoms with E-state index in [4.69, 9.17) is 32.0 Å².